The SMILES string of the molecule is COc1ccc(Cl)cc1[C@H](C)NCc1scnc1C. The number of ether oxygens (including phenoxy) is 1. The molecule has 0 saturated carbocycles. The molecule has 0 saturated heterocycles. The number of hydrogen-bond acceptors (Lipinski definition) is 4. The maximum Gasteiger partial charge on any atom is 0.123 e. The van der Waals surface area contributed by atoms with Gasteiger partial charge in [0.1, 0.15) is 5.75 Å². The summed E-state index contributed by atoms with van der Waals surface area (Å²) in [5.41, 5.74) is 4.02. The predicted molar refractivity (Wildman–Crippen MR) is 80.1 cm³/mol. The molecule has 19 heavy (non-hydrogen) atoms. The van der Waals surface area contributed by atoms with Gasteiger partial charge in [-0.2, -0.15) is 0 Å². The normalized spacial score (nSPS) is 12.4. The summed E-state index contributed by atoms with van der Waals surface area (Å²) in [7, 11) is 1.67. The fourth-order valence-electron chi connectivity index (χ4n) is 1.90. The van der Waals surface area contributed by atoms with Crippen molar-refractivity contribution in [2.24, 2.45) is 0 Å². The number of benzene rings is 1. The molecule has 0 aliphatic heterocycles. The van der Waals surface area contributed by atoms with Gasteiger partial charge in [0, 0.05) is 28.0 Å². The summed E-state index contributed by atoms with van der Waals surface area (Å²) in [4.78, 5) is 5.51. The first-order chi connectivity index (χ1) is 9.11. The van der Waals surface area contributed by atoms with Gasteiger partial charge in [-0.15, -0.1) is 11.3 Å². The average Bonchev–Trinajstić information content (AvgIpc) is 2.81. The summed E-state index contributed by atoms with van der Waals surface area (Å²) in [5.74, 6) is 0.852. The van der Waals surface area contributed by atoms with Crippen molar-refractivity contribution in [2.45, 2.75) is 26.4 Å². The number of nitrogens with one attached hydrogen (secondary N) is 1. The Hall–Kier alpha value is -1.10. The van der Waals surface area contributed by atoms with Crippen molar-refractivity contribution < 1.29 is 4.74 Å². The van der Waals surface area contributed by atoms with Crippen molar-refractivity contribution in [1.82, 2.24) is 10.3 Å². The van der Waals surface area contributed by atoms with Crippen LogP contribution >= 0.6 is 22.9 Å². The standard InChI is InChI=1S/C14H17ClN2OS/c1-9(16-7-14-10(2)17-8-19-14)12-6-11(15)4-5-13(12)18-3/h4-6,8-9,16H,7H2,1-3H3/t9-/m0/s1. The van der Waals surface area contributed by atoms with E-state index in [1.54, 1.807) is 18.4 Å². The van der Waals surface area contributed by atoms with Gasteiger partial charge in [-0.1, -0.05) is 11.6 Å². The molecule has 0 aliphatic rings. The summed E-state index contributed by atoms with van der Waals surface area (Å²) < 4.78 is 5.37. The highest BCUT2D eigenvalue weighted by Gasteiger charge is 2.12. The van der Waals surface area contributed by atoms with E-state index in [1.807, 2.05) is 30.6 Å². The van der Waals surface area contributed by atoms with Crippen LogP contribution in [0.3, 0.4) is 0 Å². The van der Waals surface area contributed by atoms with Crippen LogP contribution in [-0.2, 0) is 6.54 Å². The number of thiazole rings is 1. The van der Waals surface area contributed by atoms with Crippen molar-refractivity contribution >= 4 is 22.9 Å². The van der Waals surface area contributed by atoms with E-state index >= 15 is 0 Å². The Morgan fingerprint density at radius 2 is 2.26 bits per heavy atom. The molecule has 0 fully saturated rings. The number of methoxy groups -OCH3 is 1. The van der Waals surface area contributed by atoms with E-state index in [2.05, 4.69) is 17.2 Å². The van der Waals surface area contributed by atoms with Gasteiger partial charge in [0.05, 0.1) is 18.3 Å². The third-order valence-electron chi connectivity index (χ3n) is 3.07. The van der Waals surface area contributed by atoms with Crippen LogP contribution in [0.1, 0.15) is 29.1 Å². The second kappa shape index (κ2) is 6.37. The highest BCUT2D eigenvalue weighted by atomic mass is 35.5. The molecule has 0 unspecified atom stereocenters. The molecule has 0 radical (unpaired) electrons. The highest BCUT2D eigenvalue weighted by molar-refractivity contribution is 7.09. The zero-order valence-electron chi connectivity index (χ0n) is 11.2. The summed E-state index contributed by atoms with van der Waals surface area (Å²) in [6, 6.07) is 5.84. The first kappa shape index (κ1) is 14.3. The van der Waals surface area contributed by atoms with Crippen LogP contribution in [0.4, 0.5) is 0 Å². The van der Waals surface area contributed by atoms with Gasteiger partial charge in [0.15, 0.2) is 0 Å². The van der Waals surface area contributed by atoms with Crippen LogP contribution in [0.5, 0.6) is 5.75 Å². The zero-order chi connectivity index (χ0) is 13.8. The van der Waals surface area contributed by atoms with E-state index in [9.17, 15) is 0 Å². The van der Waals surface area contributed by atoms with E-state index in [-0.39, 0.29) is 6.04 Å². The van der Waals surface area contributed by atoms with Gasteiger partial charge < -0.3 is 10.1 Å². The van der Waals surface area contributed by atoms with Crippen LogP contribution in [0.25, 0.3) is 0 Å². The topological polar surface area (TPSA) is 34.1 Å². The van der Waals surface area contributed by atoms with Crippen LogP contribution in [0.2, 0.25) is 5.02 Å². The Morgan fingerprint density at radius 3 is 2.89 bits per heavy atom. The molecule has 0 spiro atoms. The number of hydrogen-bond donors (Lipinski definition) is 1. The van der Waals surface area contributed by atoms with E-state index < -0.39 is 0 Å². The van der Waals surface area contributed by atoms with E-state index in [1.165, 1.54) is 4.88 Å². The molecule has 0 aliphatic carbocycles. The summed E-state index contributed by atoms with van der Waals surface area (Å²) >= 11 is 7.72. The van der Waals surface area contributed by atoms with Gasteiger partial charge in [0.2, 0.25) is 0 Å². The Labute approximate surface area is 122 Å². The molecule has 1 N–H and O–H groups in total. The van der Waals surface area contributed by atoms with Gasteiger partial charge in [0.25, 0.3) is 0 Å². The minimum absolute atomic E-state index is 0.162. The monoisotopic (exact) mass is 296 g/mol. The smallest absolute Gasteiger partial charge is 0.123 e. The molecule has 5 heteroatoms. The van der Waals surface area contributed by atoms with E-state index in [0.29, 0.717) is 0 Å². The quantitative estimate of drug-likeness (QED) is 0.907. The van der Waals surface area contributed by atoms with Gasteiger partial charge >= 0.3 is 0 Å². The molecule has 3 nitrogen and oxygen atoms in total. The lowest BCUT2D eigenvalue weighted by Crippen LogP contribution is -2.18. The first-order valence-electron chi connectivity index (χ1n) is 6.07. The predicted octanol–water partition coefficient (Wildman–Crippen LogP) is 3.96. The number of aryl methyl sites for hydroxylation is 1. The van der Waals surface area contributed by atoms with Crippen molar-refractivity contribution in [3.63, 3.8) is 0 Å². The molecule has 1 aromatic heterocycles. The number of aromatic nitrogens is 1. The molecular formula is C14H17ClN2OS. The van der Waals surface area contributed by atoms with Crippen LogP contribution in [0.15, 0.2) is 23.7 Å². The van der Waals surface area contributed by atoms with Crippen molar-refractivity contribution in [3.8, 4) is 5.75 Å². The molecule has 2 rings (SSSR count). The van der Waals surface area contributed by atoms with Crippen LogP contribution in [0, 0.1) is 6.92 Å². The second-order valence-corrected chi connectivity index (χ2v) is 5.73. The van der Waals surface area contributed by atoms with Gasteiger partial charge in [-0.05, 0) is 32.0 Å². The Balaban J connectivity index is 2.09. The fraction of sp³-hybridized carbons (Fsp3) is 0.357. The lowest BCUT2D eigenvalue weighted by molar-refractivity contribution is 0.401. The maximum atomic E-state index is 6.05. The lowest BCUT2D eigenvalue weighted by atomic mass is 10.1. The second-order valence-electron chi connectivity index (χ2n) is 4.35. The molecule has 2 aromatic rings. The molecular weight excluding hydrogens is 280 g/mol. The molecule has 0 amide bonds. The van der Waals surface area contributed by atoms with Crippen LogP contribution in [-0.4, -0.2) is 12.1 Å². The molecule has 1 aromatic carbocycles. The Morgan fingerprint density at radius 1 is 1.47 bits per heavy atom. The number of halogens is 1. The number of nitrogens with zero attached hydrogens (tertiary/aromatic N) is 1. The first-order valence-corrected chi connectivity index (χ1v) is 7.33. The summed E-state index contributed by atoms with van der Waals surface area (Å²) in [6.07, 6.45) is 0. The van der Waals surface area contributed by atoms with Crippen molar-refractivity contribution in [1.29, 1.82) is 0 Å². The molecule has 1 atom stereocenters. The number of rotatable bonds is 5. The third kappa shape index (κ3) is 3.47. The van der Waals surface area contributed by atoms with E-state index in [0.717, 1.165) is 28.6 Å². The molecule has 0 bridgehead atoms. The van der Waals surface area contributed by atoms with Crippen LogP contribution < -0.4 is 10.1 Å². The highest BCUT2D eigenvalue weighted by Crippen LogP contribution is 2.28. The van der Waals surface area contributed by atoms with E-state index in [4.69, 9.17) is 16.3 Å². The molecule has 1 heterocycles. The average molecular weight is 297 g/mol. The lowest BCUT2D eigenvalue weighted by Gasteiger charge is -2.17. The van der Waals surface area contributed by atoms with Gasteiger partial charge in [-0.25, -0.2) is 4.98 Å². The van der Waals surface area contributed by atoms with Crippen molar-refractivity contribution in [2.75, 3.05) is 7.11 Å². The minimum atomic E-state index is 0.162. The Kier molecular flexibility index (Phi) is 4.80. The van der Waals surface area contributed by atoms with Gasteiger partial charge in [-0.3, -0.25) is 0 Å². The zero-order valence-corrected chi connectivity index (χ0v) is 12.8. The maximum absolute atomic E-state index is 6.05. The largest absolute Gasteiger partial charge is 0.496 e. The van der Waals surface area contributed by atoms with Crippen molar-refractivity contribution in [3.05, 3.63) is 44.9 Å². The minimum Gasteiger partial charge on any atom is -0.496 e. The molecule has 102 valence electrons. The summed E-state index contributed by atoms with van der Waals surface area (Å²) in [6.45, 7) is 4.93. The summed E-state index contributed by atoms with van der Waals surface area (Å²) in [5, 5.41) is 4.20. The third-order valence-corrected chi connectivity index (χ3v) is 4.24. The Bertz CT molecular complexity index is 556. The fourth-order valence-corrected chi connectivity index (χ4v) is 2.80.